The van der Waals surface area contributed by atoms with Gasteiger partial charge in [0.25, 0.3) is 0 Å². The van der Waals surface area contributed by atoms with E-state index < -0.39 is 66.1 Å². The molecule has 16 nitrogen and oxygen atoms in total. The van der Waals surface area contributed by atoms with Crippen molar-refractivity contribution in [3.05, 3.63) is 60.2 Å². The maximum Gasteiger partial charge on any atom is 0.320 e. The number of likely N-dealkylation sites (tertiary alicyclic amines) is 3. The van der Waals surface area contributed by atoms with E-state index >= 15 is 0 Å². The molecule has 3 aliphatic rings. The molecule has 3 fully saturated rings. The molecule has 3 amide bonds. The van der Waals surface area contributed by atoms with Crippen LogP contribution in [0, 0.1) is 10.8 Å². The van der Waals surface area contributed by atoms with Gasteiger partial charge in [-0.15, -0.1) is 0 Å². The molecule has 4 unspecified atom stereocenters. The molecule has 2 aromatic rings. The molecule has 0 saturated carbocycles. The van der Waals surface area contributed by atoms with E-state index in [-0.39, 0.29) is 74.3 Å². The van der Waals surface area contributed by atoms with Crippen LogP contribution in [0.15, 0.2) is 48.8 Å². The normalized spacial score (nSPS) is 27.9. The summed E-state index contributed by atoms with van der Waals surface area (Å²) in [6.45, 7) is -0.810. The fourth-order valence-corrected chi connectivity index (χ4v) is 7.88. The Morgan fingerprint density at radius 1 is 0.878 bits per heavy atom. The third-order valence-electron chi connectivity index (χ3n) is 10.1. The summed E-state index contributed by atoms with van der Waals surface area (Å²) in [6.07, 6.45) is 1.75. The minimum Gasteiger partial charge on any atom is -0.481 e. The number of aliphatic hydroxyl groups is 1. The molecule has 262 valence electrons. The second kappa shape index (κ2) is 14.4. The lowest BCUT2D eigenvalue weighted by Gasteiger charge is -2.64. The zero-order chi connectivity index (χ0) is 35.5. The van der Waals surface area contributed by atoms with Crippen LogP contribution < -0.4 is 5.32 Å². The summed E-state index contributed by atoms with van der Waals surface area (Å²) in [5.41, 5.74) is -3.92. The standard InChI is InChI=1S/C33H40N6O10/c1-37-26(20-8-2-5-14-34-20)32(30(46)47)18-38(19-33(29(32)45,31(48)49)27(37)21-9-3-6-15-35-21)22(28(43)44)10-4-7-16-36-23(40)13-17-39-24(41)11-12-25(39)42/h2-3,5-6,8-9,14-15,22,26-27,29,45H,4,7,10-13,16-19H2,1H3,(H,36,40)(H,43,44)(H,46,47)(H,48,49)/t22-,26?,27?,29?,32?,33?/m0/s1. The number of aliphatic hydroxyl groups excluding tert-OH is 1. The number of carbonyl (C=O) groups excluding carboxylic acids is 3. The largest absolute Gasteiger partial charge is 0.481 e. The fraction of sp³-hybridized carbons (Fsp3) is 0.515. The molecule has 5 N–H and O–H groups in total. The number of hydrogen-bond donors (Lipinski definition) is 5. The number of unbranched alkanes of at least 4 members (excludes halogenated alkanes) is 1. The van der Waals surface area contributed by atoms with Crippen molar-refractivity contribution in [2.24, 2.45) is 10.8 Å². The van der Waals surface area contributed by atoms with Crippen molar-refractivity contribution in [2.45, 2.75) is 62.8 Å². The molecule has 2 bridgehead atoms. The van der Waals surface area contributed by atoms with Crippen molar-refractivity contribution >= 4 is 35.6 Å². The Hall–Kier alpha value is -4.80. The van der Waals surface area contributed by atoms with E-state index in [1.807, 2.05) is 0 Å². The number of rotatable bonds is 14. The molecule has 3 saturated heterocycles. The van der Waals surface area contributed by atoms with Crippen molar-refractivity contribution in [1.29, 1.82) is 0 Å². The number of aliphatic carboxylic acids is 3. The summed E-state index contributed by atoms with van der Waals surface area (Å²) in [5.74, 6) is -5.30. The molecule has 49 heavy (non-hydrogen) atoms. The summed E-state index contributed by atoms with van der Waals surface area (Å²) in [6, 6.07) is 6.06. The Morgan fingerprint density at radius 2 is 1.41 bits per heavy atom. The molecular formula is C33H40N6O10. The van der Waals surface area contributed by atoms with E-state index in [1.165, 1.54) is 17.3 Å². The number of carbonyl (C=O) groups is 6. The highest BCUT2D eigenvalue weighted by molar-refractivity contribution is 6.02. The Balaban J connectivity index is 1.40. The number of amides is 3. The molecule has 3 aliphatic heterocycles. The van der Waals surface area contributed by atoms with Crippen LogP contribution in [-0.2, 0) is 28.8 Å². The number of carboxylic acid groups (broad SMARTS) is 3. The Kier molecular flexibility index (Phi) is 10.4. The van der Waals surface area contributed by atoms with Gasteiger partial charge in [-0.25, -0.2) is 0 Å². The quantitative estimate of drug-likeness (QED) is 0.134. The molecule has 5 heterocycles. The number of aromatic nitrogens is 2. The van der Waals surface area contributed by atoms with Crippen molar-refractivity contribution in [3.63, 3.8) is 0 Å². The first kappa shape index (κ1) is 35.5. The maximum atomic E-state index is 13.4. The van der Waals surface area contributed by atoms with Gasteiger partial charge >= 0.3 is 17.9 Å². The van der Waals surface area contributed by atoms with Crippen LogP contribution in [0.4, 0.5) is 0 Å². The van der Waals surface area contributed by atoms with E-state index in [1.54, 1.807) is 48.3 Å². The predicted octanol–water partition coefficient (Wildman–Crippen LogP) is 0.302. The van der Waals surface area contributed by atoms with E-state index in [0.717, 1.165) is 4.90 Å². The number of hydrogen-bond acceptors (Lipinski definition) is 11. The minimum atomic E-state index is -2.22. The maximum absolute atomic E-state index is 13.4. The smallest absolute Gasteiger partial charge is 0.320 e. The first-order valence-electron chi connectivity index (χ1n) is 16.1. The van der Waals surface area contributed by atoms with Gasteiger partial charge in [0, 0.05) is 57.8 Å². The number of fused-ring (bicyclic) bond motifs is 2. The molecule has 16 heteroatoms. The first-order chi connectivity index (χ1) is 23.4. The van der Waals surface area contributed by atoms with Crippen LogP contribution in [-0.4, -0.2) is 126 Å². The molecular weight excluding hydrogens is 640 g/mol. The second-order valence-electron chi connectivity index (χ2n) is 12.9. The van der Waals surface area contributed by atoms with Gasteiger partial charge in [0.15, 0.2) is 0 Å². The lowest BCUT2D eigenvalue weighted by molar-refractivity contribution is -0.250. The second-order valence-corrected chi connectivity index (χ2v) is 12.9. The highest BCUT2D eigenvalue weighted by atomic mass is 16.4. The summed E-state index contributed by atoms with van der Waals surface area (Å²) in [7, 11) is 1.57. The van der Waals surface area contributed by atoms with E-state index in [0.29, 0.717) is 6.42 Å². The lowest BCUT2D eigenvalue weighted by Crippen LogP contribution is -2.78. The van der Waals surface area contributed by atoms with E-state index in [9.17, 15) is 49.2 Å². The number of carboxylic acids is 3. The molecule has 0 radical (unpaired) electrons. The van der Waals surface area contributed by atoms with Gasteiger partial charge in [-0.2, -0.15) is 0 Å². The van der Waals surface area contributed by atoms with Crippen LogP contribution in [0.1, 0.15) is 62.0 Å². The van der Waals surface area contributed by atoms with Gasteiger partial charge in [-0.05, 0) is 50.6 Å². The number of piperidine rings is 2. The summed E-state index contributed by atoms with van der Waals surface area (Å²) < 4.78 is 0. The van der Waals surface area contributed by atoms with Crippen molar-refractivity contribution in [1.82, 2.24) is 30.0 Å². The van der Waals surface area contributed by atoms with Crippen molar-refractivity contribution in [2.75, 3.05) is 33.2 Å². The van der Waals surface area contributed by atoms with Gasteiger partial charge in [-0.3, -0.25) is 53.4 Å². The van der Waals surface area contributed by atoms with Crippen LogP contribution in [0.25, 0.3) is 0 Å². The van der Waals surface area contributed by atoms with Gasteiger partial charge in [0.1, 0.15) is 16.9 Å². The van der Waals surface area contributed by atoms with E-state index in [2.05, 4.69) is 15.3 Å². The molecule has 0 aliphatic carbocycles. The van der Waals surface area contributed by atoms with Crippen LogP contribution in [0.5, 0.6) is 0 Å². The summed E-state index contributed by atoms with van der Waals surface area (Å²) in [4.78, 5) is 88.3. The molecule has 2 aromatic heterocycles. The molecule has 0 aromatic carbocycles. The van der Waals surface area contributed by atoms with E-state index in [4.69, 9.17) is 0 Å². The highest BCUT2D eigenvalue weighted by Gasteiger charge is 2.75. The fourth-order valence-electron chi connectivity index (χ4n) is 7.88. The monoisotopic (exact) mass is 680 g/mol. The minimum absolute atomic E-state index is 0.0121. The predicted molar refractivity (Wildman–Crippen MR) is 168 cm³/mol. The average molecular weight is 681 g/mol. The number of nitrogens with one attached hydrogen (secondary N) is 1. The molecule has 5 rings (SSSR count). The zero-order valence-electron chi connectivity index (χ0n) is 27.0. The van der Waals surface area contributed by atoms with Crippen LogP contribution in [0.2, 0.25) is 0 Å². The van der Waals surface area contributed by atoms with Crippen LogP contribution in [0.3, 0.4) is 0 Å². The molecule has 5 atom stereocenters. The third kappa shape index (κ3) is 6.38. The summed E-state index contributed by atoms with van der Waals surface area (Å²) in [5, 5.41) is 47.0. The Bertz CT molecular complexity index is 1500. The van der Waals surface area contributed by atoms with Gasteiger partial charge in [0.2, 0.25) is 17.7 Å². The first-order valence-corrected chi connectivity index (χ1v) is 16.1. The highest BCUT2D eigenvalue weighted by Crippen LogP contribution is 2.62. The SMILES string of the molecule is CN1C(c2ccccn2)C2(C(=O)O)CN([C@@H](CCCCNC(=O)CCN3C(=O)CCC3=O)C(=O)O)CC(C(=O)O)(C1c1ccccn1)C2O. The molecule has 0 spiro atoms. The average Bonchev–Trinajstić information content (AvgIpc) is 3.39. The zero-order valence-corrected chi connectivity index (χ0v) is 27.0. The topological polar surface area (TPSA) is 231 Å². The van der Waals surface area contributed by atoms with Gasteiger partial charge in [0.05, 0.1) is 29.6 Å². The van der Waals surface area contributed by atoms with Crippen molar-refractivity contribution in [3.8, 4) is 0 Å². The lowest BCUT2D eigenvalue weighted by atomic mass is 9.53. The van der Waals surface area contributed by atoms with Crippen LogP contribution >= 0.6 is 0 Å². The summed E-state index contributed by atoms with van der Waals surface area (Å²) >= 11 is 0. The van der Waals surface area contributed by atoms with Gasteiger partial charge < -0.3 is 25.7 Å². The Labute approximate surface area is 281 Å². The van der Waals surface area contributed by atoms with Crippen molar-refractivity contribution < 1.29 is 49.2 Å². The third-order valence-corrected chi connectivity index (χ3v) is 10.1. The Morgan fingerprint density at radius 3 is 1.86 bits per heavy atom. The number of pyridine rings is 2. The number of nitrogens with zero attached hydrogens (tertiary/aromatic N) is 5. The van der Waals surface area contributed by atoms with Gasteiger partial charge in [-0.1, -0.05) is 12.1 Å². The number of imide groups is 1.